The molecule has 0 unspecified atom stereocenters. The topological polar surface area (TPSA) is 37.3 Å². The monoisotopic (exact) mass is 247 g/mol. The quantitative estimate of drug-likeness (QED) is 0.878. The predicted molar refractivity (Wildman–Crippen MR) is 70.7 cm³/mol. The molecule has 1 aliphatic carbocycles. The molecular formula is C14H21N3O. The molecule has 0 atom stereocenters. The Kier molecular flexibility index (Phi) is 3.12. The van der Waals surface area contributed by atoms with Gasteiger partial charge in [-0.25, -0.2) is 0 Å². The molecule has 0 spiro atoms. The molecule has 1 saturated heterocycles. The number of amides is 1. The lowest BCUT2D eigenvalue weighted by molar-refractivity contribution is 0.0613. The minimum Gasteiger partial charge on any atom is -0.340 e. The van der Waals surface area contributed by atoms with Crippen molar-refractivity contribution >= 4 is 5.91 Å². The molecule has 2 fully saturated rings. The maximum atomic E-state index is 12.6. The number of aromatic nitrogens is 1. The van der Waals surface area contributed by atoms with E-state index in [1.165, 1.54) is 19.3 Å². The second-order valence-electron chi connectivity index (χ2n) is 5.29. The molecule has 4 nitrogen and oxygen atoms in total. The Hall–Kier alpha value is -1.29. The first-order valence-electron chi connectivity index (χ1n) is 6.99. The number of nitrogens with zero attached hydrogens (tertiary/aromatic N) is 2. The highest BCUT2D eigenvalue weighted by Gasteiger charge is 2.31. The van der Waals surface area contributed by atoms with Crippen LogP contribution in [0.4, 0.5) is 0 Å². The van der Waals surface area contributed by atoms with E-state index < -0.39 is 0 Å². The summed E-state index contributed by atoms with van der Waals surface area (Å²) >= 11 is 0. The Morgan fingerprint density at radius 3 is 2.78 bits per heavy atom. The summed E-state index contributed by atoms with van der Waals surface area (Å²) < 4.78 is 2.18. The van der Waals surface area contributed by atoms with Crippen LogP contribution in [0.5, 0.6) is 0 Å². The van der Waals surface area contributed by atoms with Crippen molar-refractivity contribution in [3.8, 4) is 0 Å². The first-order chi connectivity index (χ1) is 8.81. The van der Waals surface area contributed by atoms with Crippen LogP contribution in [0.25, 0.3) is 0 Å². The normalized spacial score (nSPS) is 20.3. The van der Waals surface area contributed by atoms with Crippen LogP contribution < -0.4 is 5.32 Å². The van der Waals surface area contributed by atoms with Crippen molar-refractivity contribution in [2.45, 2.75) is 38.3 Å². The van der Waals surface area contributed by atoms with Gasteiger partial charge in [0.15, 0.2) is 0 Å². The van der Waals surface area contributed by atoms with Crippen LogP contribution in [0, 0.1) is 0 Å². The van der Waals surface area contributed by atoms with E-state index >= 15 is 0 Å². The van der Waals surface area contributed by atoms with Crippen LogP contribution in [0.1, 0.15) is 42.7 Å². The SMILES string of the molecule is CCN(C(=O)c1cccn1C1CCC1)C1CNC1. The van der Waals surface area contributed by atoms with E-state index in [4.69, 9.17) is 0 Å². The predicted octanol–water partition coefficient (Wildman–Crippen LogP) is 1.65. The van der Waals surface area contributed by atoms with Gasteiger partial charge in [-0.3, -0.25) is 4.79 Å². The van der Waals surface area contributed by atoms with Gasteiger partial charge in [-0.2, -0.15) is 0 Å². The van der Waals surface area contributed by atoms with Crippen LogP contribution in [-0.2, 0) is 0 Å². The van der Waals surface area contributed by atoms with Crippen molar-refractivity contribution in [3.63, 3.8) is 0 Å². The van der Waals surface area contributed by atoms with Gasteiger partial charge < -0.3 is 14.8 Å². The minimum atomic E-state index is 0.195. The number of rotatable bonds is 4. The molecule has 1 aromatic rings. The lowest BCUT2D eigenvalue weighted by atomic mass is 9.92. The summed E-state index contributed by atoms with van der Waals surface area (Å²) in [4.78, 5) is 14.6. The first kappa shape index (κ1) is 11.8. The van der Waals surface area contributed by atoms with Gasteiger partial charge >= 0.3 is 0 Å². The molecule has 1 amide bonds. The Bertz CT molecular complexity index is 432. The van der Waals surface area contributed by atoms with Crippen molar-refractivity contribution < 1.29 is 4.79 Å². The molecule has 1 aromatic heterocycles. The van der Waals surface area contributed by atoms with Gasteiger partial charge in [0.2, 0.25) is 0 Å². The van der Waals surface area contributed by atoms with Crippen molar-refractivity contribution in [1.82, 2.24) is 14.8 Å². The lowest BCUT2D eigenvalue weighted by Gasteiger charge is -2.38. The number of nitrogens with one attached hydrogen (secondary N) is 1. The van der Waals surface area contributed by atoms with Gasteiger partial charge in [-0.15, -0.1) is 0 Å². The van der Waals surface area contributed by atoms with E-state index in [0.29, 0.717) is 12.1 Å². The van der Waals surface area contributed by atoms with Crippen molar-refractivity contribution in [3.05, 3.63) is 24.0 Å². The molecule has 2 heterocycles. The molecule has 4 heteroatoms. The summed E-state index contributed by atoms with van der Waals surface area (Å²) in [6.45, 7) is 4.72. The molecule has 98 valence electrons. The number of carbonyl (C=O) groups is 1. The molecule has 2 aliphatic rings. The molecule has 1 N–H and O–H groups in total. The van der Waals surface area contributed by atoms with Crippen molar-refractivity contribution in [2.24, 2.45) is 0 Å². The first-order valence-corrected chi connectivity index (χ1v) is 6.99. The summed E-state index contributed by atoms with van der Waals surface area (Å²) in [5.74, 6) is 0.195. The second-order valence-corrected chi connectivity index (χ2v) is 5.29. The Morgan fingerprint density at radius 2 is 2.28 bits per heavy atom. The van der Waals surface area contributed by atoms with Crippen molar-refractivity contribution in [1.29, 1.82) is 0 Å². The highest BCUT2D eigenvalue weighted by Crippen LogP contribution is 2.33. The summed E-state index contributed by atoms with van der Waals surface area (Å²) in [7, 11) is 0. The summed E-state index contributed by atoms with van der Waals surface area (Å²) in [5.41, 5.74) is 0.869. The van der Waals surface area contributed by atoms with Crippen LogP contribution >= 0.6 is 0 Å². The van der Waals surface area contributed by atoms with Crippen LogP contribution in [0.2, 0.25) is 0 Å². The fourth-order valence-electron chi connectivity index (χ4n) is 2.77. The van der Waals surface area contributed by atoms with Gasteiger partial charge in [-0.1, -0.05) is 0 Å². The average molecular weight is 247 g/mol. The zero-order valence-electron chi connectivity index (χ0n) is 10.9. The fraction of sp³-hybridized carbons (Fsp3) is 0.643. The van der Waals surface area contributed by atoms with E-state index in [2.05, 4.69) is 23.0 Å². The number of carbonyl (C=O) groups excluding carboxylic acids is 1. The largest absolute Gasteiger partial charge is 0.340 e. The lowest BCUT2D eigenvalue weighted by Crippen LogP contribution is -2.59. The number of likely N-dealkylation sites (N-methyl/N-ethyl adjacent to an activating group) is 1. The van der Waals surface area contributed by atoms with E-state index in [1.807, 2.05) is 17.0 Å². The summed E-state index contributed by atoms with van der Waals surface area (Å²) in [6, 6.07) is 4.90. The maximum Gasteiger partial charge on any atom is 0.270 e. The van der Waals surface area contributed by atoms with E-state index in [1.54, 1.807) is 0 Å². The van der Waals surface area contributed by atoms with Crippen LogP contribution in [0.3, 0.4) is 0 Å². The van der Waals surface area contributed by atoms with Gasteiger partial charge in [0.25, 0.3) is 5.91 Å². The average Bonchev–Trinajstić information content (AvgIpc) is 2.68. The smallest absolute Gasteiger partial charge is 0.270 e. The number of hydrogen-bond donors (Lipinski definition) is 1. The molecule has 0 radical (unpaired) electrons. The van der Waals surface area contributed by atoms with Gasteiger partial charge in [-0.05, 0) is 38.3 Å². The van der Waals surface area contributed by atoms with E-state index in [9.17, 15) is 4.79 Å². The van der Waals surface area contributed by atoms with Crippen molar-refractivity contribution in [2.75, 3.05) is 19.6 Å². The molecular weight excluding hydrogens is 226 g/mol. The minimum absolute atomic E-state index is 0.195. The summed E-state index contributed by atoms with van der Waals surface area (Å²) in [5, 5.41) is 3.24. The molecule has 0 aromatic carbocycles. The Balaban J connectivity index is 1.79. The van der Waals surface area contributed by atoms with Crippen LogP contribution in [-0.4, -0.2) is 41.1 Å². The Labute approximate surface area is 108 Å². The molecule has 1 saturated carbocycles. The van der Waals surface area contributed by atoms with Gasteiger partial charge in [0, 0.05) is 31.9 Å². The van der Waals surface area contributed by atoms with Gasteiger partial charge in [0.05, 0.1) is 6.04 Å². The fourth-order valence-corrected chi connectivity index (χ4v) is 2.77. The molecule has 3 rings (SSSR count). The third-order valence-electron chi connectivity index (χ3n) is 4.27. The summed E-state index contributed by atoms with van der Waals surface area (Å²) in [6.07, 6.45) is 5.78. The highest BCUT2D eigenvalue weighted by molar-refractivity contribution is 5.93. The third-order valence-corrected chi connectivity index (χ3v) is 4.27. The zero-order chi connectivity index (χ0) is 12.5. The van der Waals surface area contributed by atoms with E-state index in [-0.39, 0.29) is 5.91 Å². The zero-order valence-corrected chi connectivity index (χ0v) is 10.9. The molecule has 18 heavy (non-hydrogen) atoms. The standard InChI is InChI=1S/C14H21N3O/c1-2-16(12-9-15-10-12)14(18)13-7-4-8-17(13)11-5-3-6-11/h4,7-8,11-12,15H,2-3,5-6,9-10H2,1H3. The van der Waals surface area contributed by atoms with Crippen LogP contribution in [0.15, 0.2) is 18.3 Å². The molecule has 0 bridgehead atoms. The highest BCUT2D eigenvalue weighted by atomic mass is 16.2. The van der Waals surface area contributed by atoms with E-state index in [0.717, 1.165) is 25.3 Å². The molecule has 1 aliphatic heterocycles. The third kappa shape index (κ3) is 1.85. The number of hydrogen-bond acceptors (Lipinski definition) is 2. The Morgan fingerprint density at radius 1 is 1.50 bits per heavy atom. The van der Waals surface area contributed by atoms with Gasteiger partial charge in [0.1, 0.15) is 5.69 Å². The second kappa shape index (κ2) is 4.76. The maximum absolute atomic E-state index is 12.6.